The molecule has 3 aliphatic rings. The highest BCUT2D eigenvalue weighted by atomic mass is 19.2. The Hall–Kier alpha value is -1.69. The molecular formula is C22H30F2N2O2. The summed E-state index contributed by atoms with van der Waals surface area (Å²) in [6, 6.07) is 4.13. The number of fused-ring (bicyclic) bond motifs is 1. The van der Waals surface area contributed by atoms with Gasteiger partial charge < -0.3 is 15.0 Å². The fourth-order valence-corrected chi connectivity index (χ4v) is 5.18. The molecule has 4 nitrogen and oxygen atoms in total. The van der Waals surface area contributed by atoms with Crippen LogP contribution in [0.1, 0.15) is 51.4 Å². The Morgan fingerprint density at radius 1 is 1.07 bits per heavy atom. The number of amides is 1. The Balaban J connectivity index is 1.18. The number of hydrogen-bond donors (Lipinski definition) is 1. The van der Waals surface area contributed by atoms with Crippen molar-refractivity contribution in [3.8, 4) is 5.75 Å². The minimum Gasteiger partial charge on any atom is -0.490 e. The molecule has 1 aliphatic carbocycles. The van der Waals surface area contributed by atoms with Gasteiger partial charge in [-0.2, -0.15) is 0 Å². The number of halogens is 2. The number of rotatable bonds is 6. The fraction of sp³-hybridized carbons (Fsp3) is 0.682. The molecule has 3 atom stereocenters. The van der Waals surface area contributed by atoms with Crippen molar-refractivity contribution in [2.24, 2.45) is 11.8 Å². The van der Waals surface area contributed by atoms with Crippen LogP contribution in [0.5, 0.6) is 5.75 Å². The molecule has 0 spiro atoms. The van der Waals surface area contributed by atoms with Gasteiger partial charge in [0.15, 0.2) is 11.6 Å². The van der Waals surface area contributed by atoms with Gasteiger partial charge in [0.2, 0.25) is 5.91 Å². The second-order valence-corrected chi connectivity index (χ2v) is 8.55. The summed E-state index contributed by atoms with van der Waals surface area (Å²) in [5, 5.41) is 3.21. The number of nitrogens with one attached hydrogen (secondary N) is 1. The van der Waals surface area contributed by atoms with Crippen molar-refractivity contribution in [2.45, 2.75) is 63.5 Å². The maximum Gasteiger partial charge on any atom is 0.223 e. The lowest BCUT2D eigenvalue weighted by Crippen LogP contribution is -2.39. The van der Waals surface area contributed by atoms with E-state index in [4.69, 9.17) is 4.74 Å². The molecule has 6 heteroatoms. The second-order valence-electron chi connectivity index (χ2n) is 8.55. The zero-order chi connectivity index (χ0) is 19.5. The SMILES string of the molecule is O=C1N[C@@H]2CCCC[C@H]2C1CCCN1CCC(Oc2ccc(F)c(F)c2)CC1. The third-order valence-corrected chi connectivity index (χ3v) is 6.72. The highest BCUT2D eigenvalue weighted by Crippen LogP contribution is 2.37. The van der Waals surface area contributed by atoms with Crippen molar-refractivity contribution in [2.75, 3.05) is 19.6 Å². The molecule has 0 bridgehead atoms. The van der Waals surface area contributed by atoms with Crippen LogP contribution in [0.15, 0.2) is 18.2 Å². The van der Waals surface area contributed by atoms with Crippen LogP contribution in [0.25, 0.3) is 0 Å². The lowest BCUT2D eigenvalue weighted by molar-refractivity contribution is -0.123. The first kappa shape index (κ1) is 19.6. The molecule has 1 aromatic rings. The fourth-order valence-electron chi connectivity index (χ4n) is 5.18. The number of benzene rings is 1. The van der Waals surface area contributed by atoms with E-state index < -0.39 is 11.6 Å². The van der Waals surface area contributed by atoms with Crippen LogP contribution in [0.3, 0.4) is 0 Å². The van der Waals surface area contributed by atoms with Gasteiger partial charge in [-0.25, -0.2) is 8.78 Å². The normalized spacial score (nSPS) is 28.8. The number of nitrogens with zero attached hydrogens (tertiary/aromatic N) is 1. The summed E-state index contributed by atoms with van der Waals surface area (Å²) in [5.74, 6) is -0.290. The largest absolute Gasteiger partial charge is 0.490 e. The van der Waals surface area contributed by atoms with Gasteiger partial charge in [-0.15, -0.1) is 0 Å². The highest BCUT2D eigenvalue weighted by Gasteiger charge is 2.42. The van der Waals surface area contributed by atoms with E-state index in [9.17, 15) is 13.6 Å². The van der Waals surface area contributed by atoms with E-state index in [1.54, 1.807) is 0 Å². The number of carbonyl (C=O) groups is 1. The molecule has 3 fully saturated rings. The first-order chi connectivity index (χ1) is 13.6. The molecule has 2 heterocycles. The standard InChI is InChI=1S/C22H30F2N2O2/c23-19-8-7-16(14-20(19)24)28-15-9-12-26(13-10-15)11-3-5-18-17-4-1-2-6-21(17)25-22(18)27/h7-8,14-15,17-18,21H,1-6,9-13H2,(H,25,27)/t17-,18?,21+/m0/s1. The summed E-state index contributed by atoms with van der Waals surface area (Å²) in [4.78, 5) is 14.7. The van der Waals surface area contributed by atoms with Gasteiger partial charge >= 0.3 is 0 Å². The monoisotopic (exact) mass is 392 g/mol. The number of piperidine rings is 1. The minimum absolute atomic E-state index is 0.0460. The number of likely N-dealkylation sites (tertiary alicyclic amines) is 1. The highest BCUT2D eigenvalue weighted by molar-refractivity contribution is 5.81. The van der Waals surface area contributed by atoms with E-state index in [2.05, 4.69) is 10.2 Å². The van der Waals surface area contributed by atoms with Gasteiger partial charge in [0.05, 0.1) is 0 Å². The maximum absolute atomic E-state index is 13.3. The van der Waals surface area contributed by atoms with Crippen molar-refractivity contribution in [3.63, 3.8) is 0 Å². The molecule has 28 heavy (non-hydrogen) atoms. The third-order valence-electron chi connectivity index (χ3n) is 6.72. The summed E-state index contributed by atoms with van der Waals surface area (Å²) in [5.41, 5.74) is 0. The van der Waals surface area contributed by atoms with Gasteiger partial charge in [0.25, 0.3) is 0 Å². The van der Waals surface area contributed by atoms with Crippen LogP contribution in [0, 0.1) is 23.5 Å². The van der Waals surface area contributed by atoms with Crippen LogP contribution >= 0.6 is 0 Å². The molecule has 2 aliphatic heterocycles. The summed E-state index contributed by atoms with van der Waals surface area (Å²) >= 11 is 0. The average Bonchev–Trinajstić information content (AvgIpc) is 3.01. The Labute approximate surface area is 165 Å². The molecule has 1 aromatic carbocycles. The zero-order valence-electron chi connectivity index (χ0n) is 16.3. The quantitative estimate of drug-likeness (QED) is 0.799. The van der Waals surface area contributed by atoms with E-state index in [1.165, 1.54) is 25.3 Å². The van der Waals surface area contributed by atoms with Crippen LogP contribution in [0.2, 0.25) is 0 Å². The Morgan fingerprint density at radius 2 is 1.86 bits per heavy atom. The van der Waals surface area contributed by atoms with Crippen LogP contribution in [0.4, 0.5) is 8.78 Å². The number of ether oxygens (including phenoxy) is 1. The third kappa shape index (κ3) is 4.48. The predicted octanol–water partition coefficient (Wildman–Crippen LogP) is 3.89. The minimum atomic E-state index is -0.869. The summed E-state index contributed by atoms with van der Waals surface area (Å²) < 4.78 is 32.1. The molecule has 1 N–H and O–H groups in total. The van der Waals surface area contributed by atoms with E-state index in [-0.39, 0.29) is 17.9 Å². The first-order valence-electron chi connectivity index (χ1n) is 10.7. The van der Waals surface area contributed by atoms with Gasteiger partial charge in [-0.3, -0.25) is 4.79 Å². The van der Waals surface area contributed by atoms with Gasteiger partial charge in [-0.1, -0.05) is 12.8 Å². The lowest BCUT2D eigenvalue weighted by atomic mass is 9.78. The maximum atomic E-state index is 13.3. The second kappa shape index (κ2) is 8.76. The van der Waals surface area contributed by atoms with Gasteiger partial charge in [-0.05, 0) is 63.1 Å². The van der Waals surface area contributed by atoms with Crippen molar-refractivity contribution in [1.29, 1.82) is 0 Å². The van der Waals surface area contributed by atoms with Gasteiger partial charge in [0, 0.05) is 31.1 Å². The van der Waals surface area contributed by atoms with E-state index >= 15 is 0 Å². The van der Waals surface area contributed by atoms with Crippen LogP contribution in [-0.2, 0) is 4.79 Å². The topological polar surface area (TPSA) is 41.6 Å². The van der Waals surface area contributed by atoms with E-state index in [0.29, 0.717) is 17.7 Å². The Morgan fingerprint density at radius 3 is 2.64 bits per heavy atom. The lowest BCUT2D eigenvalue weighted by Gasteiger charge is -2.32. The molecule has 2 saturated heterocycles. The van der Waals surface area contributed by atoms with Crippen LogP contribution in [-0.4, -0.2) is 42.6 Å². The van der Waals surface area contributed by atoms with Crippen LogP contribution < -0.4 is 10.1 Å². The van der Waals surface area contributed by atoms with Crippen molar-refractivity contribution in [1.82, 2.24) is 10.2 Å². The van der Waals surface area contributed by atoms with E-state index in [1.807, 2.05) is 0 Å². The molecule has 154 valence electrons. The summed E-state index contributed by atoms with van der Waals surface area (Å²) in [6.07, 6.45) is 8.70. The molecule has 1 unspecified atom stereocenters. The molecular weight excluding hydrogens is 362 g/mol. The summed E-state index contributed by atoms with van der Waals surface area (Å²) in [7, 11) is 0. The number of carbonyl (C=O) groups excluding carboxylic acids is 1. The molecule has 0 radical (unpaired) electrons. The zero-order valence-corrected chi connectivity index (χ0v) is 16.3. The molecule has 0 aromatic heterocycles. The molecule has 4 rings (SSSR count). The Kier molecular flexibility index (Phi) is 6.14. The van der Waals surface area contributed by atoms with Crippen molar-refractivity contribution < 1.29 is 18.3 Å². The number of hydrogen-bond acceptors (Lipinski definition) is 3. The molecule has 1 saturated carbocycles. The Bertz CT molecular complexity index is 691. The molecule has 1 amide bonds. The predicted molar refractivity (Wildman–Crippen MR) is 103 cm³/mol. The van der Waals surface area contributed by atoms with Gasteiger partial charge in [0.1, 0.15) is 11.9 Å². The average molecular weight is 392 g/mol. The van der Waals surface area contributed by atoms with E-state index in [0.717, 1.165) is 63.9 Å². The first-order valence-corrected chi connectivity index (χ1v) is 10.7. The smallest absolute Gasteiger partial charge is 0.223 e. The van der Waals surface area contributed by atoms with Crippen molar-refractivity contribution >= 4 is 5.91 Å². The van der Waals surface area contributed by atoms with Crippen molar-refractivity contribution in [3.05, 3.63) is 29.8 Å². The summed E-state index contributed by atoms with van der Waals surface area (Å²) in [6.45, 7) is 2.90.